The Balaban J connectivity index is 2.01. The van der Waals surface area contributed by atoms with Crippen LogP contribution in [0.15, 0.2) is 40.9 Å². The van der Waals surface area contributed by atoms with Crippen LogP contribution in [-0.4, -0.2) is 11.4 Å². The highest BCUT2D eigenvalue weighted by molar-refractivity contribution is 9.10. The number of carbonyl (C=O) groups is 1. The van der Waals surface area contributed by atoms with Crippen molar-refractivity contribution in [2.45, 2.75) is 25.9 Å². The van der Waals surface area contributed by atoms with Crippen molar-refractivity contribution in [3.05, 3.63) is 63.4 Å². The Kier molecular flexibility index (Phi) is 3.36. The first-order chi connectivity index (χ1) is 9.87. The fraction of sp³-hybridized carbons (Fsp3) is 0.235. The van der Waals surface area contributed by atoms with E-state index in [-0.39, 0.29) is 16.9 Å². The van der Waals surface area contributed by atoms with Crippen LogP contribution < -0.4 is 4.74 Å². The summed E-state index contributed by atoms with van der Waals surface area (Å²) in [7, 11) is 0. The molecule has 2 nitrogen and oxygen atoms in total. The maximum atomic E-state index is 13.9. The average Bonchev–Trinajstić information content (AvgIpc) is 2.70. The number of benzene rings is 2. The van der Waals surface area contributed by atoms with E-state index in [0.717, 1.165) is 17.7 Å². The number of ketones is 1. The molecular weight excluding hydrogens is 335 g/mol. The van der Waals surface area contributed by atoms with Gasteiger partial charge in [0.1, 0.15) is 17.2 Å². The molecule has 108 valence electrons. The summed E-state index contributed by atoms with van der Waals surface area (Å²) in [6.45, 7) is 4.00. The van der Waals surface area contributed by atoms with Gasteiger partial charge in [0.15, 0.2) is 5.78 Å². The molecule has 21 heavy (non-hydrogen) atoms. The molecule has 0 spiro atoms. The molecule has 1 heterocycles. The predicted octanol–water partition coefficient (Wildman–Crippen LogP) is 4.53. The van der Waals surface area contributed by atoms with Gasteiger partial charge in [0.25, 0.3) is 0 Å². The van der Waals surface area contributed by atoms with Gasteiger partial charge in [-0.25, -0.2) is 4.39 Å². The van der Waals surface area contributed by atoms with Gasteiger partial charge in [0.05, 0.1) is 5.56 Å². The molecule has 0 amide bonds. The second-order valence-corrected chi connectivity index (χ2v) is 6.64. The number of hydrogen-bond acceptors (Lipinski definition) is 2. The third-order valence-corrected chi connectivity index (χ3v) is 4.18. The molecule has 0 atom stereocenters. The van der Waals surface area contributed by atoms with E-state index in [4.69, 9.17) is 4.74 Å². The zero-order chi connectivity index (χ0) is 15.2. The lowest BCUT2D eigenvalue weighted by atomic mass is 9.97. The minimum absolute atomic E-state index is 0.0654. The van der Waals surface area contributed by atoms with Crippen LogP contribution in [-0.2, 0) is 6.42 Å². The number of fused-ring (bicyclic) bond motifs is 1. The van der Waals surface area contributed by atoms with Crippen molar-refractivity contribution in [3.8, 4) is 5.75 Å². The Bertz CT molecular complexity index is 717. The maximum Gasteiger partial charge on any atom is 0.197 e. The van der Waals surface area contributed by atoms with Crippen LogP contribution >= 0.6 is 15.9 Å². The quantitative estimate of drug-likeness (QED) is 0.745. The molecule has 0 bridgehead atoms. The van der Waals surface area contributed by atoms with E-state index in [9.17, 15) is 9.18 Å². The molecule has 0 saturated heterocycles. The molecule has 2 aromatic rings. The lowest BCUT2D eigenvalue weighted by Crippen LogP contribution is -2.24. The second kappa shape index (κ2) is 4.95. The molecule has 2 aromatic carbocycles. The van der Waals surface area contributed by atoms with Crippen LogP contribution in [0.3, 0.4) is 0 Å². The second-order valence-electron chi connectivity index (χ2n) is 5.79. The van der Waals surface area contributed by atoms with E-state index in [1.807, 2.05) is 13.8 Å². The zero-order valence-corrected chi connectivity index (χ0v) is 13.3. The zero-order valence-electron chi connectivity index (χ0n) is 11.7. The highest BCUT2D eigenvalue weighted by Crippen LogP contribution is 2.36. The summed E-state index contributed by atoms with van der Waals surface area (Å²) < 4.78 is 20.2. The van der Waals surface area contributed by atoms with Gasteiger partial charge in [-0.1, -0.05) is 6.07 Å². The van der Waals surface area contributed by atoms with Gasteiger partial charge in [0.2, 0.25) is 0 Å². The number of halogens is 2. The van der Waals surface area contributed by atoms with Gasteiger partial charge in [-0.2, -0.15) is 0 Å². The Hall–Kier alpha value is -1.68. The molecule has 0 aromatic heterocycles. The van der Waals surface area contributed by atoms with E-state index in [1.54, 1.807) is 30.3 Å². The summed E-state index contributed by atoms with van der Waals surface area (Å²) in [5, 5.41) is 0. The summed E-state index contributed by atoms with van der Waals surface area (Å²) in [4.78, 5) is 12.5. The molecule has 1 aliphatic rings. The lowest BCUT2D eigenvalue weighted by Gasteiger charge is -2.16. The molecule has 4 heteroatoms. The number of hydrogen-bond donors (Lipinski definition) is 0. The smallest absolute Gasteiger partial charge is 0.197 e. The number of rotatable bonds is 2. The molecule has 0 aliphatic carbocycles. The number of ether oxygens (including phenoxy) is 1. The van der Waals surface area contributed by atoms with Crippen LogP contribution in [0.2, 0.25) is 0 Å². The van der Waals surface area contributed by atoms with E-state index in [0.29, 0.717) is 10.0 Å². The van der Waals surface area contributed by atoms with Crippen LogP contribution in [0.5, 0.6) is 5.75 Å². The summed E-state index contributed by atoms with van der Waals surface area (Å²) in [6.07, 6.45) is 0.738. The standard InChI is InChI=1S/C17H14BrFO2/c1-17(2)9-11-8-10(6-7-14(11)21-17)16(20)15-12(18)4-3-5-13(15)19/h3-8H,9H2,1-2H3. The molecule has 0 unspecified atom stereocenters. The highest BCUT2D eigenvalue weighted by Gasteiger charge is 2.30. The topological polar surface area (TPSA) is 26.3 Å². The van der Waals surface area contributed by atoms with Gasteiger partial charge in [-0.15, -0.1) is 0 Å². The van der Waals surface area contributed by atoms with Crippen molar-refractivity contribution in [3.63, 3.8) is 0 Å². The van der Waals surface area contributed by atoms with Gasteiger partial charge in [-0.05, 0) is 65.7 Å². The normalized spacial score (nSPS) is 15.4. The fourth-order valence-corrected chi connectivity index (χ4v) is 3.13. The molecule has 1 aliphatic heterocycles. The maximum absolute atomic E-state index is 13.9. The SMILES string of the molecule is CC1(C)Cc2cc(C(=O)c3c(F)cccc3Br)ccc2O1. The third kappa shape index (κ3) is 2.60. The molecule has 0 radical (unpaired) electrons. The lowest BCUT2D eigenvalue weighted by molar-refractivity contribution is 0.103. The first-order valence-electron chi connectivity index (χ1n) is 6.68. The van der Waals surface area contributed by atoms with Gasteiger partial charge < -0.3 is 4.74 Å². The summed E-state index contributed by atoms with van der Waals surface area (Å²) in [5.41, 5.74) is 1.26. The first-order valence-corrected chi connectivity index (χ1v) is 7.47. The van der Waals surface area contributed by atoms with E-state index in [2.05, 4.69) is 15.9 Å². The van der Waals surface area contributed by atoms with Crippen LogP contribution in [0.25, 0.3) is 0 Å². The summed E-state index contributed by atoms with van der Waals surface area (Å²) in [5.74, 6) is -0.0527. The third-order valence-electron chi connectivity index (χ3n) is 3.51. The van der Waals surface area contributed by atoms with Crippen LogP contribution in [0.4, 0.5) is 4.39 Å². The fourth-order valence-electron chi connectivity index (χ4n) is 2.61. The monoisotopic (exact) mass is 348 g/mol. The van der Waals surface area contributed by atoms with E-state index < -0.39 is 5.82 Å². The van der Waals surface area contributed by atoms with E-state index in [1.165, 1.54) is 6.07 Å². The Morgan fingerprint density at radius 2 is 2.05 bits per heavy atom. The largest absolute Gasteiger partial charge is 0.487 e. The average molecular weight is 349 g/mol. The van der Waals surface area contributed by atoms with Gasteiger partial charge >= 0.3 is 0 Å². The Labute approximate surface area is 131 Å². The summed E-state index contributed by atoms with van der Waals surface area (Å²) in [6, 6.07) is 9.78. The Morgan fingerprint density at radius 3 is 2.76 bits per heavy atom. The molecule has 0 N–H and O–H groups in total. The molecule has 0 fully saturated rings. The number of carbonyl (C=O) groups excluding carboxylic acids is 1. The molecule has 3 rings (SSSR count). The first kappa shape index (κ1) is 14.3. The Morgan fingerprint density at radius 1 is 1.29 bits per heavy atom. The van der Waals surface area contributed by atoms with Crippen molar-refractivity contribution in [2.24, 2.45) is 0 Å². The van der Waals surface area contributed by atoms with Crippen LogP contribution in [0, 0.1) is 5.82 Å². The van der Waals surface area contributed by atoms with Crippen molar-refractivity contribution < 1.29 is 13.9 Å². The van der Waals surface area contributed by atoms with Crippen molar-refractivity contribution in [2.75, 3.05) is 0 Å². The predicted molar refractivity (Wildman–Crippen MR) is 82.4 cm³/mol. The van der Waals surface area contributed by atoms with Gasteiger partial charge in [-0.3, -0.25) is 4.79 Å². The highest BCUT2D eigenvalue weighted by atomic mass is 79.9. The van der Waals surface area contributed by atoms with Crippen molar-refractivity contribution >= 4 is 21.7 Å². The summed E-state index contributed by atoms with van der Waals surface area (Å²) >= 11 is 3.24. The van der Waals surface area contributed by atoms with E-state index >= 15 is 0 Å². The molecule has 0 saturated carbocycles. The minimum atomic E-state index is -0.522. The van der Waals surface area contributed by atoms with Crippen molar-refractivity contribution in [1.29, 1.82) is 0 Å². The van der Waals surface area contributed by atoms with Crippen LogP contribution in [0.1, 0.15) is 35.3 Å². The minimum Gasteiger partial charge on any atom is -0.487 e. The van der Waals surface area contributed by atoms with Crippen molar-refractivity contribution in [1.82, 2.24) is 0 Å². The van der Waals surface area contributed by atoms with Gasteiger partial charge in [0, 0.05) is 16.5 Å². The molecular formula is C17H14BrFO2.